The number of hydrogen-bond acceptors (Lipinski definition) is 2. The molecular formula is C17H22O2. The number of benzene rings is 1. The maximum absolute atomic E-state index is 11.1. The van der Waals surface area contributed by atoms with Gasteiger partial charge in [0.25, 0.3) is 0 Å². The van der Waals surface area contributed by atoms with Crippen LogP contribution in [0.25, 0.3) is 6.08 Å². The third kappa shape index (κ3) is 7.24. The molecule has 0 heterocycles. The van der Waals surface area contributed by atoms with Crippen LogP contribution in [0.3, 0.4) is 0 Å². The molecule has 0 amide bonds. The number of esters is 1. The van der Waals surface area contributed by atoms with Gasteiger partial charge in [-0.1, -0.05) is 49.1 Å². The third-order valence-corrected chi connectivity index (χ3v) is 2.71. The Hall–Kier alpha value is -1.83. The highest BCUT2D eigenvalue weighted by Gasteiger charge is 2.01. The van der Waals surface area contributed by atoms with Crippen molar-refractivity contribution in [2.75, 3.05) is 6.61 Å². The zero-order chi connectivity index (χ0) is 13.9. The lowest BCUT2D eigenvalue weighted by molar-refractivity contribution is -0.139. The second kappa shape index (κ2) is 9.15. The van der Waals surface area contributed by atoms with E-state index in [-0.39, 0.29) is 5.97 Å². The van der Waals surface area contributed by atoms with Crippen LogP contribution in [0.5, 0.6) is 0 Å². The summed E-state index contributed by atoms with van der Waals surface area (Å²) in [5.41, 5.74) is 1.70. The number of rotatable bonds is 8. The van der Waals surface area contributed by atoms with Crippen LogP contribution in [0.2, 0.25) is 0 Å². The van der Waals surface area contributed by atoms with Gasteiger partial charge in [0.1, 0.15) is 0 Å². The molecule has 1 aromatic rings. The van der Waals surface area contributed by atoms with Crippen LogP contribution in [0.4, 0.5) is 0 Å². The molecule has 0 atom stereocenters. The Labute approximate surface area is 115 Å². The molecule has 102 valence electrons. The van der Waals surface area contributed by atoms with E-state index < -0.39 is 0 Å². The molecule has 0 aliphatic carbocycles. The molecule has 0 aromatic heterocycles. The molecule has 0 saturated carbocycles. The molecule has 19 heavy (non-hydrogen) atoms. The Morgan fingerprint density at radius 1 is 1.21 bits per heavy atom. The Bertz CT molecular complexity index is 418. The Morgan fingerprint density at radius 3 is 2.63 bits per heavy atom. The number of carbonyl (C=O) groups excluding carboxylic acids is 1. The van der Waals surface area contributed by atoms with Gasteiger partial charge in [-0.05, 0) is 38.2 Å². The molecular weight excluding hydrogens is 236 g/mol. The molecule has 0 aliphatic rings. The highest BCUT2D eigenvalue weighted by Crippen LogP contribution is 2.06. The number of unbranched alkanes of at least 4 members (excludes halogenated alkanes) is 3. The van der Waals surface area contributed by atoms with E-state index in [1.807, 2.05) is 18.2 Å². The van der Waals surface area contributed by atoms with Crippen LogP contribution in [0, 0.1) is 0 Å². The van der Waals surface area contributed by atoms with Crippen molar-refractivity contribution in [3.63, 3.8) is 0 Å². The van der Waals surface area contributed by atoms with Gasteiger partial charge in [-0.25, -0.2) is 4.79 Å². The van der Waals surface area contributed by atoms with Gasteiger partial charge in [-0.2, -0.15) is 0 Å². The molecule has 0 saturated heterocycles. The van der Waals surface area contributed by atoms with Crippen molar-refractivity contribution in [1.29, 1.82) is 0 Å². The van der Waals surface area contributed by atoms with Crippen molar-refractivity contribution in [3.05, 3.63) is 54.1 Å². The Balaban J connectivity index is 2.01. The van der Waals surface area contributed by atoms with Crippen molar-refractivity contribution in [3.8, 4) is 0 Å². The van der Waals surface area contributed by atoms with Crippen molar-refractivity contribution < 1.29 is 9.53 Å². The maximum Gasteiger partial charge on any atom is 0.333 e. The van der Waals surface area contributed by atoms with Crippen LogP contribution in [0.1, 0.15) is 38.2 Å². The summed E-state index contributed by atoms with van der Waals surface area (Å²) in [6, 6.07) is 10.3. The molecule has 0 radical (unpaired) electrons. The zero-order valence-corrected chi connectivity index (χ0v) is 11.6. The molecule has 2 nitrogen and oxygen atoms in total. The van der Waals surface area contributed by atoms with Gasteiger partial charge in [0, 0.05) is 5.57 Å². The third-order valence-electron chi connectivity index (χ3n) is 2.71. The first-order chi connectivity index (χ1) is 9.20. The minimum Gasteiger partial charge on any atom is -0.462 e. The molecule has 0 spiro atoms. The number of carbonyl (C=O) groups is 1. The first-order valence-corrected chi connectivity index (χ1v) is 6.74. The molecule has 2 heteroatoms. The quantitative estimate of drug-likeness (QED) is 0.393. The summed E-state index contributed by atoms with van der Waals surface area (Å²) >= 11 is 0. The minimum absolute atomic E-state index is 0.288. The topological polar surface area (TPSA) is 26.3 Å². The molecule has 0 N–H and O–H groups in total. The van der Waals surface area contributed by atoms with Crippen LogP contribution in [-0.4, -0.2) is 12.6 Å². The predicted octanol–water partition coefficient (Wildman–Crippen LogP) is 4.38. The fourth-order valence-electron chi connectivity index (χ4n) is 1.61. The average molecular weight is 258 g/mol. The predicted molar refractivity (Wildman–Crippen MR) is 79.7 cm³/mol. The summed E-state index contributed by atoms with van der Waals surface area (Å²) in [6.07, 6.45) is 8.49. The van der Waals surface area contributed by atoms with E-state index >= 15 is 0 Å². The maximum atomic E-state index is 11.1. The number of hydrogen-bond donors (Lipinski definition) is 0. The molecule has 1 aromatic carbocycles. The van der Waals surface area contributed by atoms with Gasteiger partial charge in [0.05, 0.1) is 6.61 Å². The fraction of sp³-hybridized carbons (Fsp3) is 0.353. The van der Waals surface area contributed by atoms with Crippen molar-refractivity contribution >= 4 is 12.0 Å². The van der Waals surface area contributed by atoms with Crippen LogP contribution in [0.15, 0.2) is 48.6 Å². The van der Waals surface area contributed by atoms with E-state index in [1.54, 1.807) is 6.92 Å². The molecule has 1 rings (SSSR count). The van der Waals surface area contributed by atoms with Gasteiger partial charge in [-0.15, -0.1) is 0 Å². The summed E-state index contributed by atoms with van der Waals surface area (Å²) in [5.74, 6) is -0.288. The van der Waals surface area contributed by atoms with Crippen LogP contribution < -0.4 is 0 Å². The number of ether oxygens (including phenoxy) is 1. The van der Waals surface area contributed by atoms with E-state index in [0.29, 0.717) is 12.2 Å². The second-order valence-electron chi connectivity index (χ2n) is 4.58. The second-order valence-corrected chi connectivity index (χ2v) is 4.58. The fourth-order valence-corrected chi connectivity index (χ4v) is 1.61. The van der Waals surface area contributed by atoms with E-state index in [4.69, 9.17) is 4.74 Å². The van der Waals surface area contributed by atoms with E-state index in [2.05, 4.69) is 30.9 Å². The minimum atomic E-state index is -0.288. The summed E-state index contributed by atoms with van der Waals surface area (Å²) < 4.78 is 5.02. The van der Waals surface area contributed by atoms with Crippen molar-refractivity contribution in [2.24, 2.45) is 0 Å². The first kappa shape index (κ1) is 15.2. The standard InChI is InChI=1S/C17H22O2/c1-15(2)17(18)19-14-10-5-3-4-7-11-16-12-8-6-9-13-16/h6-9,11-13H,1,3-5,10,14H2,2H3. The molecule has 0 fully saturated rings. The van der Waals surface area contributed by atoms with Gasteiger partial charge in [-0.3, -0.25) is 0 Å². The normalized spacial score (nSPS) is 10.6. The highest BCUT2D eigenvalue weighted by atomic mass is 16.5. The van der Waals surface area contributed by atoms with Crippen LogP contribution >= 0.6 is 0 Å². The summed E-state index contributed by atoms with van der Waals surface area (Å²) in [7, 11) is 0. The van der Waals surface area contributed by atoms with Crippen molar-refractivity contribution in [2.45, 2.75) is 32.6 Å². The molecule has 0 unspecified atom stereocenters. The largest absolute Gasteiger partial charge is 0.462 e. The summed E-state index contributed by atoms with van der Waals surface area (Å²) in [4.78, 5) is 11.1. The number of allylic oxidation sites excluding steroid dienone is 1. The zero-order valence-electron chi connectivity index (χ0n) is 11.6. The Morgan fingerprint density at radius 2 is 1.95 bits per heavy atom. The van der Waals surface area contributed by atoms with Gasteiger partial charge in [0.2, 0.25) is 0 Å². The summed E-state index contributed by atoms with van der Waals surface area (Å²) in [5, 5.41) is 0. The Kier molecular flexibility index (Phi) is 7.33. The lowest BCUT2D eigenvalue weighted by Crippen LogP contribution is -2.05. The molecule has 0 bridgehead atoms. The van der Waals surface area contributed by atoms with Gasteiger partial charge < -0.3 is 4.74 Å². The SMILES string of the molecule is C=C(C)C(=O)OCCCCCC=Cc1ccccc1. The van der Waals surface area contributed by atoms with E-state index in [9.17, 15) is 4.79 Å². The monoisotopic (exact) mass is 258 g/mol. The summed E-state index contributed by atoms with van der Waals surface area (Å²) in [6.45, 7) is 5.70. The average Bonchev–Trinajstić information content (AvgIpc) is 2.42. The van der Waals surface area contributed by atoms with Gasteiger partial charge >= 0.3 is 5.97 Å². The smallest absolute Gasteiger partial charge is 0.333 e. The van der Waals surface area contributed by atoms with Crippen molar-refractivity contribution in [1.82, 2.24) is 0 Å². The van der Waals surface area contributed by atoms with E-state index in [1.165, 1.54) is 5.56 Å². The van der Waals surface area contributed by atoms with E-state index in [0.717, 1.165) is 25.7 Å². The highest BCUT2D eigenvalue weighted by molar-refractivity contribution is 5.86. The van der Waals surface area contributed by atoms with Crippen LogP contribution in [-0.2, 0) is 9.53 Å². The first-order valence-electron chi connectivity index (χ1n) is 6.74. The molecule has 0 aliphatic heterocycles. The lowest BCUT2D eigenvalue weighted by Gasteiger charge is -2.03. The van der Waals surface area contributed by atoms with Gasteiger partial charge in [0.15, 0.2) is 0 Å². The lowest BCUT2D eigenvalue weighted by atomic mass is 10.1.